The highest BCUT2D eigenvalue weighted by molar-refractivity contribution is 5.73. The van der Waals surface area contributed by atoms with Crippen molar-refractivity contribution in [3.05, 3.63) is 35.4 Å². The Hall–Kier alpha value is -2.42. The van der Waals surface area contributed by atoms with Crippen molar-refractivity contribution in [2.75, 3.05) is 33.2 Å². The Bertz CT molecular complexity index is 930. The third kappa shape index (κ3) is 7.58. The van der Waals surface area contributed by atoms with Crippen molar-refractivity contribution in [2.24, 2.45) is 0 Å². The van der Waals surface area contributed by atoms with E-state index in [-0.39, 0.29) is 29.8 Å². The monoisotopic (exact) mass is 558 g/mol. The molecule has 2 aliphatic heterocycles. The summed E-state index contributed by atoms with van der Waals surface area (Å²) in [6.45, 7) is 8.21. The SMILES string of the molecule is C[C@@H]1CN([C@@H]2c3ccccc3C3(CCN(C)CC3)[C@H]2O)C[C@H](C)O1.O=C(O)C(F)(F)F.O=C(O)C(F)(F)F. The van der Waals surface area contributed by atoms with Gasteiger partial charge in [-0.05, 0) is 58.0 Å². The number of aliphatic hydroxyl groups excluding tert-OH is 1. The summed E-state index contributed by atoms with van der Waals surface area (Å²) >= 11 is 0. The summed E-state index contributed by atoms with van der Waals surface area (Å²) in [7, 11) is 2.18. The van der Waals surface area contributed by atoms with Gasteiger partial charge >= 0.3 is 24.3 Å². The number of carboxylic acids is 2. The molecule has 3 aliphatic rings. The Morgan fingerprint density at radius 2 is 1.34 bits per heavy atom. The highest BCUT2D eigenvalue weighted by atomic mass is 19.4. The van der Waals surface area contributed by atoms with Crippen LogP contribution in [0.4, 0.5) is 26.3 Å². The molecule has 1 spiro atoms. The zero-order chi connectivity index (χ0) is 29.1. The predicted octanol–water partition coefficient (Wildman–Crippen LogP) is 3.44. The second-order valence-corrected chi connectivity index (χ2v) is 9.75. The van der Waals surface area contributed by atoms with E-state index in [9.17, 15) is 31.4 Å². The minimum atomic E-state index is -5.08. The fraction of sp³-hybridized carbons (Fsp3) is 0.667. The molecule has 14 heteroatoms. The van der Waals surface area contributed by atoms with Crippen LogP contribution < -0.4 is 0 Å². The largest absolute Gasteiger partial charge is 0.490 e. The second-order valence-electron chi connectivity index (χ2n) is 9.75. The summed E-state index contributed by atoms with van der Waals surface area (Å²) in [5.74, 6) is -5.51. The van der Waals surface area contributed by atoms with Crippen LogP contribution in [0.5, 0.6) is 0 Å². The van der Waals surface area contributed by atoms with Crippen LogP contribution in [-0.4, -0.2) is 101 Å². The lowest BCUT2D eigenvalue weighted by molar-refractivity contribution is -0.193. The lowest BCUT2D eigenvalue weighted by atomic mass is 9.72. The van der Waals surface area contributed by atoms with Crippen LogP contribution in [0.15, 0.2) is 24.3 Å². The van der Waals surface area contributed by atoms with E-state index in [0.29, 0.717) is 0 Å². The first-order valence-electron chi connectivity index (χ1n) is 11.9. The van der Waals surface area contributed by atoms with Gasteiger partial charge in [-0.2, -0.15) is 26.3 Å². The number of benzene rings is 1. The lowest BCUT2D eigenvalue weighted by Crippen LogP contribution is -2.52. The van der Waals surface area contributed by atoms with E-state index in [2.05, 4.69) is 55.0 Å². The zero-order valence-electron chi connectivity index (χ0n) is 21.1. The standard InChI is InChI=1S/C20H30N2O2.2C2HF3O2/c1-14-12-22(13-15(2)24-14)18-16-6-4-5-7-17(16)20(19(18)23)8-10-21(3)11-9-20;2*3-2(4,5)1(6)7/h4-7,14-15,18-19,23H,8-13H2,1-3H3;2*(H,6,7)/t14-,15+,18-,19+;;/m1../s1. The van der Waals surface area contributed by atoms with Gasteiger partial charge in [0.15, 0.2) is 0 Å². The minimum absolute atomic E-state index is 0.0709. The molecule has 1 aromatic rings. The topological polar surface area (TPSA) is 111 Å². The molecule has 0 amide bonds. The van der Waals surface area contributed by atoms with Crippen molar-refractivity contribution < 1.29 is 56.0 Å². The number of rotatable bonds is 1. The number of aliphatic carboxylic acids is 2. The number of halogens is 6. The van der Waals surface area contributed by atoms with Crippen molar-refractivity contribution in [3.63, 3.8) is 0 Å². The molecule has 216 valence electrons. The number of alkyl halides is 6. The maximum atomic E-state index is 11.5. The number of likely N-dealkylation sites (tertiary alicyclic amines) is 1. The number of aliphatic hydroxyl groups is 1. The van der Waals surface area contributed by atoms with E-state index in [1.54, 1.807) is 0 Å². The van der Waals surface area contributed by atoms with E-state index < -0.39 is 24.3 Å². The Morgan fingerprint density at radius 1 is 0.921 bits per heavy atom. The Labute approximate surface area is 215 Å². The normalized spacial score (nSPS) is 27.4. The molecule has 0 bridgehead atoms. The summed E-state index contributed by atoms with van der Waals surface area (Å²) in [4.78, 5) is 22.6. The van der Waals surface area contributed by atoms with E-state index in [4.69, 9.17) is 24.5 Å². The predicted molar refractivity (Wildman–Crippen MR) is 123 cm³/mol. The van der Waals surface area contributed by atoms with E-state index in [0.717, 1.165) is 39.0 Å². The van der Waals surface area contributed by atoms with E-state index in [1.165, 1.54) is 11.1 Å². The third-order valence-electron chi connectivity index (χ3n) is 6.89. The molecule has 1 aliphatic carbocycles. The van der Waals surface area contributed by atoms with Crippen molar-refractivity contribution in [1.29, 1.82) is 0 Å². The number of hydrogen-bond donors (Lipinski definition) is 3. The number of fused-ring (bicyclic) bond motifs is 2. The number of nitrogens with zero attached hydrogens (tertiary/aromatic N) is 2. The molecule has 4 atom stereocenters. The molecule has 2 heterocycles. The summed E-state index contributed by atoms with van der Waals surface area (Å²) < 4.78 is 69.4. The first kappa shape index (κ1) is 31.8. The molecule has 0 radical (unpaired) electrons. The van der Waals surface area contributed by atoms with Crippen LogP contribution in [0.25, 0.3) is 0 Å². The molecule has 8 nitrogen and oxygen atoms in total. The summed E-state index contributed by atoms with van der Waals surface area (Å²) in [6.07, 6.45) is -7.94. The van der Waals surface area contributed by atoms with Gasteiger partial charge in [-0.25, -0.2) is 9.59 Å². The highest BCUT2D eigenvalue weighted by Gasteiger charge is 2.54. The van der Waals surface area contributed by atoms with Gasteiger partial charge in [-0.1, -0.05) is 24.3 Å². The molecular weight excluding hydrogens is 526 g/mol. The first-order chi connectivity index (χ1) is 17.4. The second kappa shape index (κ2) is 12.2. The van der Waals surface area contributed by atoms with Crippen molar-refractivity contribution in [3.8, 4) is 0 Å². The maximum Gasteiger partial charge on any atom is 0.490 e. The van der Waals surface area contributed by atoms with Gasteiger partial charge in [0.05, 0.1) is 24.4 Å². The maximum absolute atomic E-state index is 11.5. The van der Waals surface area contributed by atoms with Crippen LogP contribution in [0.3, 0.4) is 0 Å². The van der Waals surface area contributed by atoms with Crippen molar-refractivity contribution in [2.45, 2.75) is 68.8 Å². The first-order valence-corrected chi connectivity index (χ1v) is 11.9. The molecule has 2 fully saturated rings. The van der Waals surface area contributed by atoms with E-state index >= 15 is 0 Å². The zero-order valence-corrected chi connectivity index (χ0v) is 21.1. The number of morpholine rings is 1. The summed E-state index contributed by atoms with van der Waals surface area (Å²) in [6, 6.07) is 8.87. The Balaban J connectivity index is 0.000000301. The molecular formula is C24H32F6N2O6. The molecule has 0 aromatic heterocycles. The minimum Gasteiger partial charge on any atom is -0.475 e. The van der Waals surface area contributed by atoms with Crippen LogP contribution in [0.1, 0.15) is 43.9 Å². The molecule has 4 rings (SSSR count). The summed E-state index contributed by atoms with van der Waals surface area (Å²) in [5, 5.41) is 25.7. The number of hydrogen-bond acceptors (Lipinski definition) is 6. The van der Waals surface area contributed by atoms with Crippen LogP contribution in [0.2, 0.25) is 0 Å². The number of carboxylic acid groups (broad SMARTS) is 2. The number of ether oxygens (including phenoxy) is 1. The van der Waals surface area contributed by atoms with Crippen molar-refractivity contribution in [1.82, 2.24) is 9.80 Å². The lowest BCUT2D eigenvalue weighted by Gasteiger charge is -2.45. The van der Waals surface area contributed by atoms with Gasteiger partial charge in [0, 0.05) is 18.5 Å². The quantitative estimate of drug-likeness (QED) is 0.450. The van der Waals surface area contributed by atoms with Gasteiger partial charge in [-0.15, -0.1) is 0 Å². The third-order valence-corrected chi connectivity index (χ3v) is 6.89. The Kier molecular flexibility index (Phi) is 10.2. The van der Waals surface area contributed by atoms with Crippen LogP contribution >= 0.6 is 0 Å². The molecule has 0 saturated carbocycles. The smallest absolute Gasteiger partial charge is 0.475 e. The Morgan fingerprint density at radius 3 is 1.76 bits per heavy atom. The van der Waals surface area contributed by atoms with E-state index in [1.807, 2.05) is 0 Å². The van der Waals surface area contributed by atoms with Crippen LogP contribution in [0, 0.1) is 0 Å². The molecule has 2 saturated heterocycles. The van der Waals surface area contributed by atoms with Crippen molar-refractivity contribution >= 4 is 11.9 Å². The molecule has 38 heavy (non-hydrogen) atoms. The van der Waals surface area contributed by atoms with Gasteiger partial charge < -0.3 is 25.0 Å². The van der Waals surface area contributed by atoms with Gasteiger partial charge in [0.2, 0.25) is 0 Å². The average molecular weight is 559 g/mol. The highest BCUT2D eigenvalue weighted by Crippen LogP contribution is 2.53. The molecule has 3 N–H and O–H groups in total. The van der Waals surface area contributed by atoms with Gasteiger partial charge in [0.25, 0.3) is 0 Å². The van der Waals surface area contributed by atoms with Crippen LogP contribution in [-0.2, 0) is 19.7 Å². The van der Waals surface area contributed by atoms with Gasteiger partial charge in [0.1, 0.15) is 0 Å². The fourth-order valence-corrected chi connectivity index (χ4v) is 5.26. The average Bonchev–Trinajstić information content (AvgIpc) is 3.02. The van der Waals surface area contributed by atoms with Gasteiger partial charge in [-0.3, -0.25) is 4.90 Å². The number of piperidine rings is 1. The molecule has 0 unspecified atom stereocenters. The fourth-order valence-electron chi connectivity index (χ4n) is 5.26. The summed E-state index contributed by atoms with van der Waals surface area (Å²) in [5.41, 5.74) is 2.66. The molecule has 1 aromatic carbocycles. The number of carbonyl (C=O) groups is 2.